The van der Waals surface area contributed by atoms with Gasteiger partial charge in [-0.2, -0.15) is 14.4 Å². The molecule has 0 fully saturated rings. The molecule has 0 saturated heterocycles. The van der Waals surface area contributed by atoms with Gasteiger partial charge in [-0.1, -0.05) is 22.8 Å². The van der Waals surface area contributed by atoms with Crippen LogP contribution >= 0.6 is 11.6 Å². The second-order valence-corrected chi connectivity index (χ2v) is 6.37. The smallest absolute Gasteiger partial charge is 0.350 e. The third kappa shape index (κ3) is 5.64. The van der Waals surface area contributed by atoms with Crippen molar-refractivity contribution in [3.63, 3.8) is 0 Å². The van der Waals surface area contributed by atoms with Crippen LogP contribution < -0.4 is 9.47 Å². The fourth-order valence-electron chi connectivity index (χ4n) is 2.32. The summed E-state index contributed by atoms with van der Waals surface area (Å²) in [5.74, 6) is -3.77. The molecule has 0 bridgehead atoms. The fraction of sp³-hybridized carbons (Fsp3) is 0.100. The first-order valence-electron chi connectivity index (χ1n) is 8.63. The Balaban J connectivity index is 1.84. The van der Waals surface area contributed by atoms with Gasteiger partial charge in [0.2, 0.25) is 5.82 Å². The summed E-state index contributed by atoms with van der Waals surface area (Å²) in [5, 5.41) is 12.2. The number of halogens is 3. The first-order valence-corrected chi connectivity index (χ1v) is 9.01. The number of aliphatic carboxylic acids is 1. The summed E-state index contributed by atoms with van der Waals surface area (Å²) < 4.78 is 39.5. The molecule has 1 heterocycles. The largest absolute Gasteiger partial charge is 0.477 e. The maximum absolute atomic E-state index is 14.9. The van der Waals surface area contributed by atoms with Crippen molar-refractivity contribution in [1.82, 2.24) is 9.97 Å². The van der Waals surface area contributed by atoms with E-state index >= 15 is 0 Å². The SMILES string of the molecule is Cc1c(Cl)cccc1Oc1ncnc(Oc2cc(F)ccc2CON=CC(=O)O)c1F. The zero-order valence-electron chi connectivity index (χ0n) is 15.9. The molecule has 160 valence electrons. The van der Waals surface area contributed by atoms with Crippen LogP contribution in [0.2, 0.25) is 5.02 Å². The predicted octanol–water partition coefficient (Wildman–Crippen LogP) is 4.89. The molecule has 0 amide bonds. The molecule has 2 aromatic carbocycles. The number of ether oxygens (including phenoxy) is 2. The minimum atomic E-state index is -1.30. The summed E-state index contributed by atoms with van der Waals surface area (Å²) in [4.78, 5) is 22.7. The highest BCUT2D eigenvalue weighted by atomic mass is 35.5. The van der Waals surface area contributed by atoms with E-state index in [1.54, 1.807) is 25.1 Å². The summed E-state index contributed by atoms with van der Waals surface area (Å²) in [5.41, 5.74) is 0.839. The highest BCUT2D eigenvalue weighted by Gasteiger charge is 2.18. The van der Waals surface area contributed by atoms with Crippen molar-refractivity contribution in [2.45, 2.75) is 13.5 Å². The molecule has 0 saturated carbocycles. The maximum atomic E-state index is 14.9. The number of oxime groups is 1. The highest BCUT2D eigenvalue weighted by molar-refractivity contribution is 6.31. The van der Waals surface area contributed by atoms with E-state index < -0.39 is 29.4 Å². The van der Waals surface area contributed by atoms with Crippen molar-refractivity contribution in [2.75, 3.05) is 0 Å². The summed E-state index contributed by atoms with van der Waals surface area (Å²) in [6, 6.07) is 8.30. The molecular weight excluding hydrogens is 436 g/mol. The van der Waals surface area contributed by atoms with E-state index in [0.29, 0.717) is 16.8 Å². The van der Waals surface area contributed by atoms with Crippen molar-refractivity contribution in [3.05, 3.63) is 70.5 Å². The number of carboxylic acids is 1. The second kappa shape index (κ2) is 9.81. The number of carboxylic acid groups (broad SMARTS) is 1. The molecule has 0 atom stereocenters. The van der Waals surface area contributed by atoms with Gasteiger partial charge in [0.15, 0.2) is 6.21 Å². The van der Waals surface area contributed by atoms with Crippen molar-refractivity contribution in [1.29, 1.82) is 0 Å². The Morgan fingerprint density at radius 2 is 1.87 bits per heavy atom. The summed E-state index contributed by atoms with van der Waals surface area (Å²) in [6.07, 6.45) is 1.55. The van der Waals surface area contributed by atoms with Crippen molar-refractivity contribution in [3.8, 4) is 23.3 Å². The van der Waals surface area contributed by atoms with Gasteiger partial charge in [-0.3, -0.25) is 0 Å². The van der Waals surface area contributed by atoms with E-state index in [-0.39, 0.29) is 23.7 Å². The van der Waals surface area contributed by atoms with E-state index in [0.717, 1.165) is 18.5 Å². The third-order valence-corrected chi connectivity index (χ3v) is 4.25. The van der Waals surface area contributed by atoms with Crippen LogP contribution in [0.1, 0.15) is 11.1 Å². The molecule has 0 aliphatic heterocycles. The molecule has 3 rings (SSSR count). The lowest BCUT2D eigenvalue weighted by atomic mass is 10.2. The van der Waals surface area contributed by atoms with Gasteiger partial charge in [-0.25, -0.2) is 9.18 Å². The number of hydrogen-bond acceptors (Lipinski definition) is 7. The van der Waals surface area contributed by atoms with E-state index in [4.69, 9.17) is 31.0 Å². The molecule has 1 N–H and O–H groups in total. The van der Waals surface area contributed by atoms with Crippen LogP contribution in [-0.4, -0.2) is 27.3 Å². The molecule has 0 aliphatic carbocycles. The van der Waals surface area contributed by atoms with E-state index in [2.05, 4.69) is 15.1 Å². The quantitative estimate of drug-likeness (QED) is 0.386. The summed E-state index contributed by atoms with van der Waals surface area (Å²) in [6.45, 7) is 1.43. The van der Waals surface area contributed by atoms with Gasteiger partial charge in [0.05, 0.1) is 0 Å². The Bertz CT molecular complexity index is 1140. The lowest BCUT2D eigenvalue weighted by molar-refractivity contribution is -0.129. The Hall–Kier alpha value is -3.79. The molecule has 0 radical (unpaired) electrons. The lowest BCUT2D eigenvalue weighted by Crippen LogP contribution is -2.01. The number of aromatic nitrogens is 2. The monoisotopic (exact) mass is 449 g/mol. The van der Waals surface area contributed by atoms with Gasteiger partial charge in [-0.15, -0.1) is 0 Å². The Morgan fingerprint density at radius 1 is 1.16 bits per heavy atom. The number of nitrogens with zero attached hydrogens (tertiary/aromatic N) is 3. The minimum Gasteiger partial charge on any atom is -0.477 e. The van der Waals surface area contributed by atoms with Crippen molar-refractivity contribution in [2.24, 2.45) is 5.16 Å². The predicted molar refractivity (Wildman–Crippen MR) is 106 cm³/mol. The molecule has 3 aromatic rings. The van der Waals surface area contributed by atoms with Gasteiger partial charge in [0.25, 0.3) is 11.8 Å². The normalized spacial score (nSPS) is 10.8. The minimum absolute atomic E-state index is 0.118. The molecule has 8 nitrogen and oxygen atoms in total. The second-order valence-electron chi connectivity index (χ2n) is 5.96. The molecule has 0 unspecified atom stereocenters. The topological polar surface area (TPSA) is 103 Å². The van der Waals surface area contributed by atoms with Gasteiger partial charge >= 0.3 is 5.97 Å². The van der Waals surface area contributed by atoms with Gasteiger partial charge in [0.1, 0.15) is 30.3 Å². The van der Waals surface area contributed by atoms with Gasteiger partial charge in [0, 0.05) is 22.2 Å². The molecule has 0 spiro atoms. The molecule has 31 heavy (non-hydrogen) atoms. The first kappa shape index (κ1) is 21.9. The zero-order chi connectivity index (χ0) is 22.4. The number of carbonyl (C=O) groups is 1. The summed E-state index contributed by atoms with van der Waals surface area (Å²) in [7, 11) is 0. The van der Waals surface area contributed by atoms with E-state index in [1.165, 1.54) is 6.07 Å². The fourth-order valence-corrected chi connectivity index (χ4v) is 2.49. The Morgan fingerprint density at radius 3 is 2.58 bits per heavy atom. The molecule has 11 heteroatoms. The van der Waals surface area contributed by atoms with E-state index in [9.17, 15) is 13.6 Å². The third-order valence-electron chi connectivity index (χ3n) is 3.84. The van der Waals surface area contributed by atoms with Crippen LogP contribution in [-0.2, 0) is 16.2 Å². The number of hydrogen-bond donors (Lipinski definition) is 1. The molecule has 0 aliphatic rings. The number of rotatable bonds is 8. The Labute approximate surface area is 179 Å². The highest BCUT2D eigenvalue weighted by Crippen LogP contribution is 2.34. The van der Waals surface area contributed by atoms with Crippen LogP contribution in [0.3, 0.4) is 0 Å². The van der Waals surface area contributed by atoms with Gasteiger partial charge in [-0.05, 0) is 31.2 Å². The van der Waals surface area contributed by atoms with Crippen LogP contribution in [0.4, 0.5) is 8.78 Å². The lowest BCUT2D eigenvalue weighted by Gasteiger charge is -2.13. The average molecular weight is 450 g/mol. The van der Waals surface area contributed by atoms with Crippen LogP contribution in [0.25, 0.3) is 0 Å². The van der Waals surface area contributed by atoms with Gasteiger partial charge < -0.3 is 19.4 Å². The van der Waals surface area contributed by atoms with E-state index in [1.807, 2.05) is 0 Å². The molecular formula is C20H14ClF2N3O5. The van der Waals surface area contributed by atoms with Crippen LogP contribution in [0.15, 0.2) is 47.9 Å². The Kier molecular flexibility index (Phi) is 6.93. The van der Waals surface area contributed by atoms with Crippen molar-refractivity contribution >= 4 is 23.8 Å². The number of benzene rings is 2. The summed E-state index contributed by atoms with van der Waals surface area (Å²) >= 11 is 6.04. The average Bonchev–Trinajstić information content (AvgIpc) is 2.72. The maximum Gasteiger partial charge on any atom is 0.350 e. The van der Waals surface area contributed by atoms with Crippen molar-refractivity contribution < 1.29 is 33.0 Å². The molecule has 1 aromatic heterocycles. The van der Waals surface area contributed by atoms with Crippen LogP contribution in [0, 0.1) is 18.6 Å². The standard InChI is InChI=1S/C20H14ClF2N3O5/c1-11-14(21)3-2-4-15(11)30-19-18(23)20(25-10-24-19)31-16-7-13(22)6-5-12(16)9-29-26-8-17(27)28/h2-8,10H,9H2,1H3,(H,27,28). The zero-order valence-corrected chi connectivity index (χ0v) is 16.6. The first-order chi connectivity index (χ1) is 14.8. The van der Waals surface area contributed by atoms with Crippen LogP contribution in [0.5, 0.6) is 23.3 Å².